The number of hydrogen-bond acceptors (Lipinski definition) is 10. The van der Waals surface area contributed by atoms with Gasteiger partial charge in [-0.2, -0.15) is 0 Å². The zero-order chi connectivity index (χ0) is 58.3. The van der Waals surface area contributed by atoms with Crippen LogP contribution in [0.15, 0.2) is 170 Å². The molecule has 0 saturated carbocycles. The Morgan fingerprint density at radius 2 is 0.440 bits per heavy atom. The van der Waals surface area contributed by atoms with Gasteiger partial charge in [-0.25, -0.2) is 0 Å². The number of carbonyl (C=O) groups excluding carboxylic acids is 10. The highest BCUT2D eigenvalue weighted by atomic mass is 16.2. The van der Waals surface area contributed by atoms with E-state index in [9.17, 15) is 47.9 Å². The summed E-state index contributed by atoms with van der Waals surface area (Å²) in [6.07, 6.45) is 1.42. The molecule has 0 unspecified atom stereocenters. The minimum absolute atomic E-state index is 0.0625. The normalized spacial score (nSPS) is 8.69. The standard InChI is InChI=1S/C20H14.C10H8.C6H6.C5H8O2.C4H6O2.2C4H8O.4C3H6O/c1-3-11-17-15(7-1)9-5-13-19(17)20-14-6-10-16-8-2-4-12-18(16)20;1-2-6-10-8-4-3-7-9(10)5-1;1-2-4-6-5-3-1;1-4(6)3-5(2)7;1-3(5)4(2)6;2*1-3-4(2)5;4*1-3(2)4/h1-14H;1-8H;1-6H;3H2,1-2H3;1-2H3;2*3H2,1-2H3;4*1-2H3. The van der Waals surface area contributed by atoms with Gasteiger partial charge in [-0.1, -0.05) is 184 Å². The van der Waals surface area contributed by atoms with Gasteiger partial charge in [0, 0.05) is 26.7 Å². The first-order chi connectivity index (χ1) is 35.1. The molecule has 0 aromatic heterocycles. The summed E-state index contributed by atoms with van der Waals surface area (Å²) in [6.45, 7) is 24.4. The van der Waals surface area contributed by atoms with Crippen LogP contribution in [-0.2, 0) is 47.9 Å². The minimum atomic E-state index is -0.380. The largest absolute Gasteiger partial charge is 0.300 e. The number of ketones is 10. The number of rotatable bonds is 6. The summed E-state index contributed by atoms with van der Waals surface area (Å²) >= 11 is 0. The van der Waals surface area contributed by atoms with Crippen molar-refractivity contribution in [1.29, 1.82) is 0 Å². The summed E-state index contributed by atoms with van der Waals surface area (Å²) in [5.41, 5.74) is 2.61. The maximum absolute atomic E-state index is 10.0. The predicted molar refractivity (Wildman–Crippen MR) is 312 cm³/mol. The summed E-state index contributed by atoms with van der Waals surface area (Å²) in [4.78, 5) is 97.1. The fourth-order valence-corrected chi connectivity index (χ4v) is 4.79. The lowest BCUT2D eigenvalue weighted by Crippen LogP contribution is -2.01. The molecule has 10 heteroatoms. The Morgan fingerprint density at radius 1 is 0.253 bits per heavy atom. The quantitative estimate of drug-likeness (QED) is 0.115. The Balaban J connectivity index is -0.000000397. The van der Waals surface area contributed by atoms with Crippen molar-refractivity contribution in [3.63, 3.8) is 0 Å². The first-order valence-electron chi connectivity index (χ1n) is 24.4. The molecule has 0 aliphatic heterocycles. The summed E-state index contributed by atoms with van der Waals surface area (Å²) < 4.78 is 0. The van der Waals surface area contributed by atoms with Crippen molar-refractivity contribution in [2.24, 2.45) is 0 Å². The number of fused-ring (bicyclic) bond motifs is 3. The zero-order valence-corrected chi connectivity index (χ0v) is 47.4. The maximum atomic E-state index is 10.0. The molecule has 7 rings (SSSR count). The van der Waals surface area contributed by atoms with Crippen LogP contribution in [0.4, 0.5) is 0 Å². The smallest absolute Gasteiger partial charge is 0.195 e. The van der Waals surface area contributed by atoms with Gasteiger partial charge in [0.05, 0.1) is 6.42 Å². The second-order valence-electron chi connectivity index (χ2n) is 17.0. The predicted octanol–water partition coefficient (Wildman–Crippen LogP) is 15.3. The van der Waals surface area contributed by atoms with E-state index in [0.29, 0.717) is 12.8 Å². The molecule has 0 spiro atoms. The molecule has 0 aliphatic rings. The zero-order valence-electron chi connectivity index (χ0n) is 47.4. The molecular formula is C65H82O10. The minimum Gasteiger partial charge on any atom is -0.300 e. The Hall–Kier alpha value is -7.98. The van der Waals surface area contributed by atoms with Crippen LogP contribution in [0.5, 0.6) is 0 Å². The van der Waals surface area contributed by atoms with Crippen LogP contribution in [0.1, 0.15) is 130 Å². The molecule has 75 heavy (non-hydrogen) atoms. The van der Waals surface area contributed by atoms with Crippen LogP contribution >= 0.6 is 0 Å². The number of Topliss-reactive ketones (excluding diaryl/α,β-unsaturated/α-hetero) is 10. The number of carbonyl (C=O) groups is 10. The first-order valence-corrected chi connectivity index (χ1v) is 24.4. The summed E-state index contributed by atoms with van der Waals surface area (Å²) in [5.74, 6) is 0.292. The Morgan fingerprint density at radius 3 is 0.613 bits per heavy atom. The van der Waals surface area contributed by atoms with E-state index in [1.807, 2.05) is 50.2 Å². The lowest BCUT2D eigenvalue weighted by molar-refractivity contribution is -0.134. The second-order valence-corrected chi connectivity index (χ2v) is 17.0. The van der Waals surface area contributed by atoms with Crippen molar-refractivity contribution < 1.29 is 47.9 Å². The van der Waals surface area contributed by atoms with Crippen molar-refractivity contribution in [1.82, 2.24) is 0 Å². The lowest BCUT2D eigenvalue weighted by Gasteiger charge is -2.10. The van der Waals surface area contributed by atoms with Crippen LogP contribution in [0, 0.1) is 0 Å². The van der Waals surface area contributed by atoms with Gasteiger partial charge in [-0.3, -0.25) is 19.2 Å². The van der Waals surface area contributed by atoms with Gasteiger partial charge in [0.25, 0.3) is 0 Å². The van der Waals surface area contributed by atoms with Gasteiger partial charge >= 0.3 is 0 Å². The fraction of sp³-hybridized carbons (Fsp3) is 0.292. The monoisotopic (exact) mass is 1020 g/mol. The summed E-state index contributed by atoms with van der Waals surface area (Å²) in [7, 11) is 0. The highest BCUT2D eigenvalue weighted by Gasteiger charge is 2.06. The molecule has 0 bridgehead atoms. The fourth-order valence-electron chi connectivity index (χ4n) is 4.79. The van der Waals surface area contributed by atoms with Gasteiger partial charge in [0.2, 0.25) is 0 Å². The molecule has 0 N–H and O–H groups in total. The molecule has 10 nitrogen and oxygen atoms in total. The molecule has 0 heterocycles. The second kappa shape index (κ2) is 47.1. The van der Waals surface area contributed by atoms with Gasteiger partial charge < -0.3 is 28.8 Å². The Labute approximate surface area is 447 Å². The highest BCUT2D eigenvalue weighted by Crippen LogP contribution is 2.33. The molecule has 0 fully saturated rings. The third-order valence-electron chi connectivity index (χ3n) is 8.18. The lowest BCUT2D eigenvalue weighted by atomic mass is 9.94. The maximum Gasteiger partial charge on any atom is 0.195 e. The molecule has 7 aromatic carbocycles. The highest BCUT2D eigenvalue weighted by molar-refractivity contribution is 6.35. The number of hydrogen-bond donors (Lipinski definition) is 0. The van der Waals surface area contributed by atoms with E-state index in [2.05, 4.69) is 133 Å². The average molecular weight is 1020 g/mol. The molecule has 0 amide bonds. The molecule has 7 aromatic rings. The van der Waals surface area contributed by atoms with Crippen molar-refractivity contribution in [3.05, 3.63) is 170 Å². The number of benzene rings is 7. The van der Waals surface area contributed by atoms with Crippen molar-refractivity contribution in [2.45, 2.75) is 130 Å². The van der Waals surface area contributed by atoms with E-state index in [-0.39, 0.29) is 64.3 Å². The van der Waals surface area contributed by atoms with Crippen molar-refractivity contribution in [3.8, 4) is 11.1 Å². The molecule has 0 radical (unpaired) electrons. The first kappa shape index (κ1) is 73.6. The molecule has 0 atom stereocenters. The molecule has 402 valence electrons. The topological polar surface area (TPSA) is 171 Å². The van der Waals surface area contributed by atoms with Crippen molar-refractivity contribution in [2.75, 3.05) is 0 Å². The Bertz CT molecular complexity index is 2500. The van der Waals surface area contributed by atoms with Gasteiger partial charge in [-0.05, 0) is 127 Å². The van der Waals surface area contributed by atoms with Crippen LogP contribution in [-0.4, -0.2) is 57.8 Å². The van der Waals surface area contributed by atoms with E-state index in [1.165, 1.54) is 127 Å². The van der Waals surface area contributed by atoms with Gasteiger partial charge in [0.15, 0.2) is 11.6 Å². The molecular weight excluding hydrogens is 941 g/mol. The third kappa shape index (κ3) is 49.4. The van der Waals surface area contributed by atoms with E-state index >= 15 is 0 Å². The van der Waals surface area contributed by atoms with Crippen LogP contribution in [0.3, 0.4) is 0 Å². The molecule has 0 aliphatic carbocycles. The van der Waals surface area contributed by atoms with Crippen LogP contribution in [0.2, 0.25) is 0 Å². The van der Waals surface area contributed by atoms with E-state index in [1.54, 1.807) is 13.8 Å². The van der Waals surface area contributed by atoms with Crippen LogP contribution in [0.25, 0.3) is 43.4 Å². The van der Waals surface area contributed by atoms with E-state index < -0.39 is 0 Å². The Kier molecular flexibility index (Phi) is 46.1. The van der Waals surface area contributed by atoms with Gasteiger partial charge in [-0.15, -0.1) is 0 Å². The van der Waals surface area contributed by atoms with Crippen molar-refractivity contribution >= 4 is 90.1 Å². The van der Waals surface area contributed by atoms with Gasteiger partial charge in [0.1, 0.15) is 46.3 Å². The summed E-state index contributed by atoms with van der Waals surface area (Å²) in [6, 6.07) is 58.9. The van der Waals surface area contributed by atoms with E-state index in [4.69, 9.17) is 0 Å². The summed E-state index contributed by atoms with van der Waals surface area (Å²) in [5, 5.41) is 7.82. The van der Waals surface area contributed by atoms with E-state index in [0.717, 1.165) is 0 Å². The van der Waals surface area contributed by atoms with Crippen LogP contribution < -0.4 is 0 Å². The molecule has 0 saturated heterocycles. The SMILES string of the molecule is CC(=O)C(C)=O.CC(=O)CC(C)=O.CC(C)=O.CC(C)=O.CC(C)=O.CC(C)=O.CCC(C)=O.CCC(C)=O.c1ccc2c(-c3cccc4ccccc34)cccc2c1.c1ccc2ccccc2c1.c1ccccc1. The average Bonchev–Trinajstić information content (AvgIpc) is 3.34. The third-order valence-corrected chi connectivity index (χ3v) is 8.18.